The second-order valence-corrected chi connectivity index (χ2v) is 4.96. The summed E-state index contributed by atoms with van der Waals surface area (Å²) in [5.41, 5.74) is 2.99. The van der Waals surface area contributed by atoms with Crippen LogP contribution in [-0.4, -0.2) is 49.0 Å². The normalized spacial score (nSPS) is 12.4. The van der Waals surface area contributed by atoms with Gasteiger partial charge in [0.15, 0.2) is 0 Å². The third-order valence-corrected chi connectivity index (χ3v) is 3.48. The summed E-state index contributed by atoms with van der Waals surface area (Å²) in [6, 6.07) is 0. The first-order valence-corrected chi connectivity index (χ1v) is 6.96. The number of ether oxygens (including phenoxy) is 1. The molecule has 0 spiro atoms. The fraction of sp³-hybridized carbons (Fsp3) is 0.714. The maximum absolute atomic E-state index is 12.1. The highest BCUT2D eigenvalue weighted by atomic mass is 16.5. The Hall–Kier alpha value is -1.40. The SMILES string of the molecule is COCCNCCNC(=O)C(C)c1c(C)nn(C)c1C. The molecule has 0 aromatic carbocycles. The zero-order valence-electron chi connectivity index (χ0n) is 13.1. The largest absolute Gasteiger partial charge is 0.383 e. The number of nitrogens with one attached hydrogen (secondary N) is 2. The van der Waals surface area contributed by atoms with E-state index in [-0.39, 0.29) is 11.8 Å². The van der Waals surface area contributed by atoms with Crippen molar-refractivity contribution in [2.45, 2.75) is 26.7 Å². The van der Waals surface area contributed by atoms with Crippen LogP contribution in [0.2, 0.25) is 0 Å². The van der Waals surface area contributed by atoms with Crippen molar-refractivity contribution in [3.05, 3.63) is 17.0 Å². The fourth-order valence-electron chi connectivity index (χ4n) is 2.27. The highest BCUT2D eigenvalue weighted by molar-refractivity contribution is 5.83. The standard InChI is InChI=1S/C14H26N4O2/c1-10(13-11(2)17-18(4)12(13)3)14(19)16-7-6-15-8-9-20-5/h10,15H,6-9H2,1-5H3,(H,16,19). The second kappa shape index (κ2) is 8.01. The Labute approximate surface area is 120 Å². The first-order valence-electron chi connectivity index (χ1n) is 6.96. The number of carbonyl (C=O) groups excluding carboxylic acids is 1. The minimum absolute atomic E-state index is 0.0396. The molecule has 114 valence electrons. The van der Waals surface area contributed by atoms with Crippen LogP contribution >= 0.6 is 0 Å². The third kappa shape index (κ3) is 4.31. The van der Waals surface area contributed by atoms with Crippen molar-refractivity contribution in [1.82, 2.24) is 20.4 Å². The Morgan fingerprint density at radius 2 is 2.05 bits per heavy atom. The van der Waals surface area contributed by atoms with Crippen molar-refractivity contribution in [1.29, 1.82) is 0 Å². The third-order valence-electron chi connectivity index (χ3n) is 3.48. The van der Waals surface area contributed by atoms with E-state index in [2.05, 4.69) is 15.7 Å². The van der Waals surface area contributed by atoms with Crippen LogP contribution in [0.25, 0.3) is 0 Å². The zero-order chi connectivity index (χ0) is 15.1. The molecule has 0 radical (unpaired) electrons. The maximum Gasteiger partial charge on any atom is 0.227 e. The highest BCUT2D eigenvalue weighted by Gasteiger charge is 2.21. The van der Waals surface area contributed by atoms with Gasteiger partial charge in [0.05, 0.1) is 18.2 Å². The Balaban J connectivity index is 2.43. The summed E-state index contributed by atoms with van der Waals surface area (Å²) in [6.45, 7) is 8.69. The van der Waals surface area contributed by atoms with Gasteiger partial charge in [0, 0.05) is 45.0 Å². The number of hydrogen-bond donors (Lipinski definition) is 2. The van der Waals surface area contributed by atoms with Crippen LogP contribution in [0.5, 0.6) is 0 Å². The van der Waals surface area contributed by atoms with Crippen LogP contribution in [-0.2, 0) is 16.6 Å². The minimum Gasteiger partial charge on any atom is -0.383 e. The summed E-state index contributed by atoms with van der Waals surface area (Å²) >= 11 is 0. The van der Waals surface area contributed by atoms with Crippen LogP contribution in [0, 0.1) is 13.8 Å². The zero-order valence-corrected chi connectivity index (χ0v) is 13.1. The van der Waals surface area contributed by atoms with Crippen molar-refractivity contribution >= 4 is 5.91 Å². The quantitative estimate of drug-likeness (QED) is 0.681. The van der Waals surface area contributed by atoms with Gasteiger partial charge in [-0.25, -0.2) is 0 Å². The Bertz CT molecular complexity index is 443. The number of amides is 1. The monoisotopic (exact) mass is 282 g/mol. The van der Waals surface area contributed by atoms with Gasteiger partial charge in [0.2, 0.25) is 5.91 Å². The average molecular weight is 282 g/mol. The molecule has 1 unspecified atom stereocenters. The molecule has 1 aromatic rings. The Morgan fingerprint density at radius 3 is 2.60 bits per heavy atom. The van der Waals surface area contributed by atoms with Crippen LogP contribution in [0.3, 0.4) is 0 Å². The van der Waals surface area contributed by atoms with Gasteiger partial charge < -0.3 is 15.4 Å². The molecule has 0 aliphatic rings. The molecule has 1 rings (SSSR count). The van der Waals surface area contributed by atoms with Gasteiger partial charge in [0.25, 0.3) is 0 Å². The van der Waals surface area contributed by atoms with E-state index in [1.165, 1.54) is 0 Å². The molecule has 1 atom stereocenters. The van der Waals surface area contributed by atoms with Gasteiger partial charge in [-0.15, -0.1) is 0 Å². The second-order valence-electron chi connectivity index (χ2n) is 4.96. The Kier molecular flexibility index (Phi) is 6.67. The molecule has 0 aliphatic carbocycles. The molecular weight excluding hydrogens is 256 g/mol. The maximum atomic E-state index is 12.1. The Morgan fingerprint density at radius 1 is 1.35 bits per heavy atom. The topological polar surface area (TPSA) is 68.2 Å². The molecule has 0 aliphatic heterocycles. The van der Waals surface area contributed by atoms with E-state index in [4.69, 9.17) is 4.74 Å². The summed E-state index contributed by atoms with van der Waals surface area (Å²) < 4.78 is 6.76. The van der Waals surface area contributed by atoms with Gasteiger partial charge in [-0.2, -0.15) is 5.10 Å². The summed E-state index contributed by atoms with van der Waals surface area (Å²) in [7, 11) is 3.57. The fourth-order valence-corrected chi connectivity index (χ4v) is 2.27. The van der Waals surface area contributed by atoms with Crippen LogP contribution < -0.4 is 10.6 Å². The predicted molar refractivity (Wildman–Crippen MR) is 78.9 cm³/mol. The molecule has 1 amide bonds. The summed E-state index contributed by atoms with van der Waals surface area (Å²) in [4.78, 5) is 12.1. The first-order chi connectivity index (χ1) is 9.49. The van der Waals surface area contributed by atoms with E-state index < -0.39 is 0 Å². The van der Waals surface area contributed by atoms with E-state index in [0.717, 1.165) is 30.0 Å². The van der Waals surface area contributed by atoms with E-state index in [1.807, 2.05) is 32.5 Å². The highest BCUT2D eigenvalue weighted by Crippen LogP contribution is 2.22. The van der Waals surface area contributed by atoms with Gasteiger partial charge in [-0.3, -0.25) is 9.48 Å². The number of hydrogen-bond acceptors (Lipinski definition) is 4. The lowest BCUT2D eigenvalue weighted by Crippen LogP contribution is -2.35. The van der Waals surface area contributed by atoms with Gasteiger partial charge in [-0.1, -0.05) is 0 Å². The summed E-state index contributed by atoms with van der Waals surface area (Å²) in [5.74, 6) is -0.139. The number of rotatable bonds is 8. The number of methoxy groups -OCH3 is 1. The average Bonchev–Trinajstić information content (AvgIpc) is 2.66. The van der Waals surface area contributed by atoms with Crippen molar-refractivity contribution in [3.63, 3.8) is 0 Å². The lowest BCUT2D eigenvalue weighted by molar-refractivity contribution is -0.122. The molecule has 0 saturated carbocycles. The number of aromatic nitrogens is 2. The lowest BCUT2D eigenvalue weighted by atomic mass is 9.98. The van der Waals surface area contributed by atoms with Gasteiger partial charge in [0.1, 0.15) is 0 Å². The molecule has 20 heavy (non-hydrogen) atoms. The van der Waals surface area contributed by atoms with E-state index in [0.29, 0.717) is 13.2 Å². The van der Waals surface area contributed by atoms with Crippen molar-refractivity contribution in [3.8, 4) is 0 Å². The van der Waals surface area contributed by atoms with Crippen molar-refractivity contribution in [2.24, 2.45) is 7.05 Å². The van der Waals surface area contributed by atoms with Crippen LogP contribution in [0.4, 0.5) is 0 Å². The van der Waals surface area contributed by atoms with E-state index >= 15 is 0 Å². The number of aryl methyl sites for hydroxylation is 2. The van der Waals surface area contributed by atoms with Gasteiger partial charge >= 0.3 is 0 Å². The van der Waals surface area contributed by atoms with E-state index in [1.54, 1.807) is 7.11 Å². The lowest BCUT2D eigenvalue weighted by Gasteiger charge is -2.13. The predicted octanol–water partition coefficient (Wildman–Crippen LogP) is 0.493. The molecular formula is C14H26N4O2. The van der Waals surface area contributed by atoms with Gasteiger partial charge in [-0.05, 0) is 20.8 Å². The summed E-state index contributed by atoms with van der Waals surface area (Å²) in [5, 5.41) is 10.5. The molecule has 1 aromatic heterocycles. The van der Waals surface area contributed by atoms with Crippen LogP contribution in [0.1, 0.15) is 29.8 Å². The minimum atomic E-state index is -0.178. The number of carbonyl (C=O) groups is 1. The van der Waals surface area contributed by atoms with E-state index in [9.17, 15) is 4.79 Å². The van der Waals surface area contributed by atoms with Crippen LogP contribution in [0.15, 0.2) is 0 Å². The molecule has 0 bridgehead atoms. The smallest absolute Gasteiger partial charge is 0.227 e. The molecule has 6 heteroatoms. The molecule has 0 saturated heterocycles. The molecule has 6 nitrogen and oxygen atoms in total. The summed E-state index contributed by atoms with van der Waals surface area (Å²) in [6.07, 6.45) is 0. The van der Waals surface area contributed by atoms with Crippen molar-refractivity contribution in [2.75, 3.05) is 33.4 Å². The van der Waals surface area contributed by atoms with Crippen molar-refractivity contribution < 1.29 is 9.53 Å². The molecule has 2 N–H and O–H groups in total. The molecule has 0 fully saturated rings. The number of nitrogens with zero attached hydrogens (tertiary/aromatic N) is 2. The first kappa shape index (κ1) is 16.7. The molecule has 1 heterocycles.